The summed E-state index contributed by atoms with van der Waals surface area (Å²) < 4.78 is 0. The first kappa shape index (κ1) is 24.5. The third kappa shape index (κ3) is 2.75. The zero-order valence-corrected chi connectivity index (χ0v) is 22.6. The quantitative estimate of drug-likeness (QED) is 0.219. The number of carbonyl (C=O) groups is 2. The van der Waals surface area contributed by atoms with Crippen LogP contribution in [0.2, 0.25) is 0 Å². The van der Waals surface area contributed by atoms with Gasteiger partial charge in [0.15, 0.2) is 0 Å². The standard InChI is InChI=1S/C30H48N2O2/c1-18(2)19-10-15-30(25(34)32-31)17-16-28(6)20(24(19)30)8-9-22-27(5)13-12-23(33)26(3,4)21(27)11-14-29(22,28)7/h19-22,24H,1,8-17,31H2,2-7H3,(H,32,34)/t19-,20+,21-,22+,24+,27-,28-,29+,30-/m0/s1. The van der Waals surface area contributed by atoms with Gasteiger partial charge in [-0.25, -0.2) is 5.84 Å². The molecule has 4 nitrogen and oxygen atoms in total. The maximum atomic E-state index is 13.3. The molecular formula is C30H48N2O2. The number of fused-ring (bicyclic) bond motifs is 7. The summed E-state index contributed by atoms with van der Waals surface area (Å²) >= 11 is 0. The van der Waals surface area contributed by atoms with Crippen LogP contribution in [0.5, 0.6) is 0 Å². The SMILES string of the molecule is C=C(C)[C@@H]1CC[C@]2(C(=O)NN)CC[C@@]3(C)[C@H](CC[C@@H]4[C@@]5(C)CCC(=O)C(C)(C)[C@@H]5CC[C@]43C)[C@@H]12. The van der Waals surface area contributed by atoms with Crippen molar-refractivity contribution in [1.29, 1.82) is 0 Å². The normalized spacial score (nSPS) is 51.5. The first-order valence-corrected chi connectivity index (χ1v) is 14.0. The molecule has 1 amide bonds. The lowest BCUT2D eigenvalue weighted by Crippen LogP contribution is -2.67. The van der Waals surface area contributed by atoms with Crippen LogP contribution in [0.4, 0.5) is 0 Å². The van der Waals surface area contributed by atoms with Gasteiger partial charge in [-0.1, -0.05) is 46.8 Å². The summed E-state index contributed by atoms with van der Waals surface area (Å²) in [5, 5.41) is 0. The molecule has 0 aromatic rings. The fraction of sp³-hybridized carbons (Fsp3) is 0.867. The van der Waals surface area contributed by atoms with Crippen molar-refractivity contribution in [2.45, 2.75) is 106 Å². The van der Waals surface area contributed by atoms with E-state index in [1.165, 1.54) is 24.8 Å². The van der Waals surface area contributed by atoms with Crippen molar-refractivity contribution < 1.29 is 9.59 Å². The largest absolute Gasteiger partial charge is 0.299 e. The third-order valence-corrected chi connectivity index (χ3v) is 13.4. The molecule has 0 unspecified atom stereocenters. The maximum Gasteiger partial charge on any atom is 0.240 e. The van der Waals surface area contributed by atoms with Crippen LogP contribution < -0.4 is 11.3 Å². The molecule has 5 aliphatic rings. The number of hydrogen-bond acceptors (Lipinski definition) is 3. The second-order valence-electron chi connectivity index (χ2n) is 14.5. The van der Waals surface area contributed by atoms with E-state index in [4.69, 9.17) is 5.84 Å². The van der Waals surface area contributed by atoms with E-state index >= 15 is 0 Å². The van der Waals surface area contributed by atoms with Crippen molar-refractivity contribution in [2.24, 2.45) is 62.5 Å². The maximum absolute atomic E-state index is 13.3. The smallest absolute Gasteiger partial charge is 0.240 e. The van der Waals surface area contributed by atoms with Gasteiger partial charge in [-0.05, 0) is 111 Å². The topological polar surface area (TPSA) is 72.2 Å². The Balaban J connectivity index is 1.57. The Hall–Kier alpha value is -1.16. The van der Waals surface area contributed by atoms with Gasteiger partial charge in [-0.2, -0.15) is 0 Å². The number of hydrogen-bond donors (Lipinski definition) is 2. The Kier molecular flexibility index (Phi) is 5.36. The number of amides is 1. The van der Waals surface area contributed by atoms with E-state index in [1.54, 1.807) is 0 Å². The summed E-state index contributed by atoms with van der Waals surface area (Å²) in [4.78, 5) is 26.3. The van der Waals surface area contributed by atoms with Crippen molar-refractivity contribution in [2.75, 3.05) is 0 Å². The van der Waals surface area contributed by atoms with Crippen LogP contribution in [0.1, 0.15) is 106 Å². The number of hydrazine groups is 1. The highest BCUT2D eigenvalue weighted by atomic mass is 16.2. The monoisotopic (exact) mass is 468 g/mol. The molecule has 3 N–H and O–H groups in total. The number of nitrogens with one attached hydrogen (secondary N) is 1. The summed E-state index contributed by atoms with van der Waals surface area (Å²) in [6, 6.07) is 0. The minimum Gasteiger partial charge on any atom is -0.299 e. The van der Waals surface area contributed by atoms with Gasteiger partial charge in [0.1, 0.15) is 5.78 Å². The van der Waals surface area contributed by atoms with Crippen molar-refractivity contribution in [3.8, 4) is 0 Å². The van der Waals surface area contributed by atoms with Gasteiger partial charge in [0.05, 0.1) is 5.41 Å². The van der Waals surface area contributed by atoms with Crippen LogP contribution in [0.15, 0.2) is 12.2 Å². The molecule has 0 spiro atoms. The predicted molar refractivity (Wildman–Crippen MR) is 136 cm³/mol. The van der Waals surface area contributed by atoms with E-state index in [0.717, 1.165) is 44.9 Å². The van der Waals surface area contributed by atoms with Crippen molar-refractivity contribution in [3.05, 3.63) is 12.2 Å². The molecule has 0 heterocycles. The molecule has 9 atom stereocenters. The average molecular weight is 469 g/mol. The van der Waals surface area contributed by atoms with E-state index < -0.39 is 0 Å². The lowest BCUT2D eigenvalue weighted by Gasteiger charge is -2.72. The minimum atomic E-state index is -0.327. The fourth-order valence-corrected chi connectivity index (χ4v) is 11.5. The van der Waals surface area contributed by atoms with E-state index in [1.807, 2.05) is 0 Å². The van der Waals surface area contributed by atoms with E-state index in [9.17, 15) is 9.59 Å². The minimum absolute atomic E-state index is 0.0683. The first-order valence-electron chi connectivity index (χ1n) is 14.0. The van der Waals surface area contributed by atoms with Gasteiger partial charge in [0.2, 0.25) is 5.91 Å². The van der Waals surface area contributed by atoms with Crippen LogP contribution in [-0.2, 0) is 9.59 Å². The van der Waals surface area contributed by atoms with Crippen LogP contribution in [0, 0.1) is 56.7 Å². The molecule has 5 fully saturated rings. The number of carbonyl (C=O) groups excluding carboxylic acids is 2. The average Bonchev–Trinajstić information content (AvgIpc) is 3.18. The van der Waals surface area contributed by atoms with Crippen molar-refractivity contribution >= 4 is 11.7 Å². The number of Topliss-reactive ketones (excluding diaryl/α,β-unsaturated/α-hetero) is 1. The van der Waals surface area contributed by atoms with Crippen molar-refractivity contribution in [1.82, 2.24) is 5.43 Å². The third-order valence-electron chi connectivity index (χ3n) is 13.4. The Bertz CT molecular complexity index is 925. The van der Waals surface area contributed by atoms with E-state index in [0.29, 0.717) is 35.4 Å². The molecule has 5 saturated carbocycles. The molecule has 34 heavy (non-hydrogen) atoms. The van der Waals surface area contributed by atoms with Gasteiger partial charge < -0.3 is 0 Å². The Morgan fingerprint density at radius 3 is 2.26 bits per heavy atom. The summed E-state index contributed by atoms with van der Waals surface area (Å²) in [5.41, 5.74) is 3.97. The lowest BCUT2D eigenvalue weighted by atomic mass is 9.32. The van der Waals surface area contributed by atoms with E-state index in [-0.39, 0.29) is 33.0 Å². The molecule has 0 aromatic carbocycles. The Labute approximate surface area is 207 Å². The highest BCUT2D eigenvalue weighted by Gasteiger charge is 2.71. The molecule has 0 aliphatic heterocycles. The molecule has 5 aliphatic carbocycles. The molecule has 5 rings (SSSR count). The second kappa shape index (κ2) is 7.43. The van der Waals surface area contributed by atoms with Crippen LogP contribution in [0.3, 0.4) is 0 Å². The summed E-state index contributed by atoms with van der Waals surface area (Å²) in [5.74, 6) is 8.76. The molecule has 0 bridgehead atoms. The van der Waals surface area contributed by atoms with Crippen molar-refractivity contribution in [3.63, 3.8) is 0 Å². The second-order valence-corrected chi connectivity index (χ2v) is 14.5. The number of rotatable bonds is 2. The zero-order valence-electron chi connectivity index (χ0n) is 22.6. The molecule has 0 radical (unpaired) electrons. The fourth-order valence-electron chi connectivity index (χ4n) is 11.5. The summed E-state index contributed by atoms with van der Waals surface area (Å²) in [7, 11) is 0. The van der Waals surface area contributed by atoms with Crippen LogP contribution in [0.25, 0.3) is 0 Å². The molecule has 0 saturated heterocycles. The summed E-state index contributed by atoms with van der Waals surface area (Å²) in [6.07, 6.45) is 10.7. The lowest BCUT2D eigenvalue weighted by molar-refractivity contribution is -0.233. The highest BCUT2D eigenvalue weighted by Crippen LogP contribution is 2.77. The highest BCUT2D eigenvalue weighted by molar-refractivity contribution is 5.85. The van der Waals surface area contributed by atoms with Gasteiger partial charge in [0.25, 0.3) is 0 Å². The predicted octanol–water partition coefficient (Wildman–Crippen LogP) is 6.20. The molecule has 0 aromatic heterocycles. The molecule has 4 heteroatoms. The first-order chi connectivity index (χ1) is 15.8. The van der Waals surface area contributed by atoms with Gasteiger partial charge in [-0.3, -0.25) is 15.0 Å². The summed E-state index contributed by atoms with van der Waals surface area (Å²) in [6.45, 7) is 18.8. The Morgan fingerprint density at radius 1 is 0.912 bits per heavy atom. The number of ketones is 1. The zero-order chi connectivity index (χ0) is 24.9. The Morgan fingerprint density at radius 2 is 1.62 bits per heavy atom. The van der Waals surface area contributed by atoms with Crippen LogP contribution in [-0.4, -0.2) is 11.7 Å². The van der Waals surface area contributed by atoms with Crippen LogP contribution >= 0.6 is 0 Å². The van der Waals surface area contributed by atoms with Gasteiger partial charge in [0, 0.05) is 11.8 Å². The number of allylic oxidation sites excluding steroid dienone is 1. The number of nitrogens with two attached hydrogens (primary N) is 1. The van der Waals surface area contributed by atoms with E-state index in [2.05, 4.69) is 53.5 Å². The molecule has 190 valence electrons. The molecular weight excluding hydrogens is 420 g/mol. The van der Waals surface area contributed by atoms with Gasteiger partial charge >= 0.3 is 0 Å². The van der Waals surface area contributed by atoms with Gasteiger partial charge in [-0.15, -0.1) is 0 Å².